The van der Waals surface area contributed by atoms with Crippen molar-refractivity contribution in [2.45, 2.75) is 105 Å². The van der Waals surface area contributed by atoms with Gasteiger partial charge in [-0.3, -0.25) is 4.79 Å². The van der Waals surface area contributed by atoms with Crippen molar-refractivity contribution < 1.29 is 4.79 Å². The van der Waals surface area contributed by atoms with E-state index in [2.05, 4.69) is 40.7 Å². The minimum absolute atomic E-state index is 0.332. The second-order valence-corrected chi connectivity index (χ2v) is 12.0. The Morgan fingerprint density at radius 1 is 0.964 bits per heavy atom. The maximum Gasteiger partial charge on any atom is 0.155 e. The third kappa shape index (κ3) is 3.33. The monoisotopic (exact) mass is 384 g/mol. The van der Waals surface area contributed by atoms with Crippen LogP contribution < -0.4 is 0 Å². The van der Waals surface area contributed by atoms with Crippen LogP contribution in [0.25, 0.3) is 0 Å². The van der Waals surface area contributed by atoms with Crippen LogP contribution in [0.1, 0.15) is 105 Å². The van der Waals surface area contributed by atoms with Crippen molar-refractivity contribution in [3.8, 4) is 0 Å². The van der Waals surface area contributed by atoms with E-state index in [1.54, 1.807) is 0 Å². The Kier molecular flexibility index (Phi) is 5.60. The predicted octanol–water partition coefficient (Wildman–Crippen LogP) is 7.60. The summed E-state index contributed by atoms with van der Waals surface area (Å²) in [4.78, 5) is 12.0. The molecule has 4 aliphatic carbocycles. The summed E-state index contributed by atoms with van der Waals surface area (Å²) in [6, 6.07) is 0. The lowest BCUT2D eigenvalue weighted by molar-refractivity contribution is -0.117. The number of hydrogen-bond acceptors (Lipinski definition) is 1. The first-order valence-electron chi connectivity index (χ1n) is 12.5. The zero-order valence-corrected chi connectivity index (χ0v) is 19.2. The van der Waals surface area contributed by atoms with Gasteiger partial charge in [-0.2, -0.15) is 0 Å². The molecule has 0 aromatic heterocycles. The van der Waals surface area contributed by atoms with Crippen molar-refractivity contribution in [2.24, 2.45) is 46.3 Å². The van der Waals surface area contributed by atoms with E-state index in [-0.39, 0.29) is 0 Å². The van der Waals surface area contributed by atoms with Crippen LogP contribution in [-0.4, -0.2) is 5.78 Å². The summed E-state index contributed by atoms with van der Waals surface area (Å²) >= 11 is 0. The molecule has 28 heavy (non-hydrogen) atoms. The highest BCUT2D eigenvalue weighted by Crippen LogP contribution is 2.67. The summed E-state index contributed by atoms with van der Waals surface area (Å²) in [7, 11) is 0. The van der Waals surface area contributed by atoms with Gasteiger partial charge in [0.15, 0.2) is 5.78 Å². The second kappa shape index (κ2) is 7.59. The average molecular weight is 385 g/mol. The average Bonchev–Trinajstić information content (AvgIpc) is 2.99. The van der Waals surface area contributed by atoms with E-state index in [1.807, 2.05) is 0 Å². The van der Waals surface area contributed by atoms with Crippen LogP contribution in [0, 0.1) is 46.3 Å². The Morgan fingerprint density at radius 3 is 2.50 bits per heavy atom. The Morgan fingerprint density at radius 2 is 1.75 bits per heavy atom. The molecule has 0 spiro atoms. The molecule has 0 aliphatic heterocycles. The first-order valence-corrected chi connectivity index (χ1v) is 12.5. The number of fused-ring (bicyclic) bond motifs is 5. The minimum Gasteiger partial charge on any atom is -0.295 e. The molecule has 0 unspecified atom stereocenters. The van der Waals surface area contributed by atoms with Crippen LogP contribution in [0.5, 0.6) is 0 Å². The van der Waals surface area contributed by atoms with Gasteiger partial charge < -0.3 is 0 Å². The summed E-state index contributed by atoms with van der Waals surface area (Å²) < 4.78 is 0. The molecule has 4 aliphatic rings. The number of allylic oxidation sites excluding steroid dienone is 1. The van der Waals surface area contributed by atoms with Crippen LogP contribution in [0.3, 0.4) is 0 Å². The Balaban J connectivity index is 1.49. The highest BCUT2D eigenvalue weighted by atomic mass is 16.1. The van der Waals surface area contributed by atoms with E-state index >= 15 is 0 Å². The van der Waals surface area contributed by atoms with Crippen LogP contribution in [0.15, 0.2) is 11.6 Å². The molecule has 0 aromatic carbocycles. The molecule has 3 fully saturated rings. The van der Waals surface area contributed by atoms with E-state index in [0.717, 1.165) is 48.3 Å². The van der Waals surface area contributed by atoms with Gasteiger partial charge in [-0.05, 0) is 97.4 Å². The Bertz CT molecular complexity index is 630. The van der Waals surface area contributed by atoms with Crippen molar-refractivity contribution >= 4 is 5.78 Å². The Hall–Kier alpha value is -0.590. The second-order valence-electron chi connectivity index (χ2n) is 12.0. The first kappa shape index (κ1) is 20.7. The fourth-order valence-corrected chi connectivity index (χ4v) is 8.58. The molecule has 1 nitrogen and oxygen atoms in total. The lowest BCUT2D eigenvalue weighted by atomic mass is 9.46. The summed E-state index contributed by atoms with van der Waals surface area (Å²) in [5.74, 6) is 5.79. The molecule has 3 saturated carbocycles. The number of carbonyl (C=O) groups is 1. The third-order valence-corrected chi connectivity index (χ3v) is 10.2. The molecular weight excluding hydrogens is 340 g/mol. The summed E-state index contributed by atoms with van der Waals surface area (Å²) in [5, 5.41) is 0. The fraction of sp³-hybridized carbons (Fsp3) is 0.889. The number of rotatable bonds is 5. The van der Waals surface area contributed by atoms with E-state index in [0.29, 0.717) is 16.6 Å². The summed E-state index contributed by atoms with van der Waals surface area (Å²) in [6.45, 7) is 12.5. The normalized spacial score (nSPS) is 43.9. The molecule has 0 bridgehead atoms. The molecule has 1 heteroatoms. The SMILES string of the molecule is CC(C)CCC[C@H](C)[C@H]1CC[C@@H]2[C@H]3CCC4=CC(=O)CC[C@]4(C)[C@H]3CC[C@@]21C. The van der Waals surface area contributed by atoms with Gasteiger partial charge in [0.2, 0.25) is 0 Å². The van der Waals surface area contributed by atoms with Gasteiger partial charge >= 0.3 is 0 Å². The van der Waals surface area contributed by atoms with Crippen LogP contribution >= 0.6 is 0 Å². The fourth-order valence-electron chi connectivity index (χ4n) is 8.58. The quantitative estimate of drug-likeness (QED) is 0.477. The highest BCUT2D eigenvalue weighted by Gasteiger charge is 2.59. The molecule has 0 aromatic rings. The summed E-state index contributed by atoms with van der Waals surface area (Å²) in [6.07, 6.45) is 16.6. The first-order chi connectivity index (χ1) is 13.3. The van der Waals surface area contributed by atoms with Crippen LogP contribution in [0.4, 0.5) is 0 Å². The molecule has 0 N–H and O–H groups in total. The largest absolute Gasteiger partial charge is 0.295 e. The molecule has 0 heterocycles. The van der Waals surface area contributed by atoms with Gasteiger partial charge in [0, 0.05) is 6.42 Å². The topological polar surface area (TPSA) is 17.1 Å². The van der Waals surface area contributed by atoms with Crippen molar-refractivity contribution in [3.05, 3.63) is 11.6 Å². The minimum atomic E-state index is 0.332. The van der Waals surface area contributed by atoms with Crippen LogP contribution in [-0.2, 0) is 4.79 Å². The zero-order valence-electron chi connectivity index (χ0n) is 19.2. The van der Waals surface area contributed by atoms with Gasteiger partial charge in [0.1, 0.15) is 0 Å². The highest BCUT2D eigenvalue weighted by molar-refractivity contribution is 5.91. The lowest BCUT2D eigenvalue weighted by Gasteiger charge is -2.58. The van der Waals surface area contributed by atoms with Crippen LogP contribution in [0.2, 0.25) is 0 Å². The number of carbonyl (C=O) groups excluding carboxylic acids is 1. The van der Waals surface area contributed by atoms with Gasteiger partial charge in [0.25, 0.3) is 0 Å². The third-order valence-electron chi connectivity index (χ3n) is 10.2. The molecule has 0 amide bonds. The van der Waals surface area contributed by atoms with Crippen molar-refractivity contribution in [1.29, 1.82) is 0 Å². The molecule has 158 valence electrons. The molecule has 0 radical (unpaired) electrons. The van der Waals surface area contributed by atoms with Crippen molar-refractivity contribution in [3.63, 3.8) is 0 Å². The van der Waals surface area contributed by atoms with E-state index in [1.165, 1.54) is 63.4 Å². The van der Waals surface area contributed by atoms with E-state index in [9.17, 15) is 4.79 Å². The zero-order chi connectivity index (χ0) is 20.1. The van der Waals surface area contributed by atoms with Gasteiger partial charge in [-0.25, -0.2) is 0 Å². The molecule has 4 rings (SSSR count). The van der Waals surface area contributed by atoms with Gasteiger partial charge in [-0.15, -0.1) is 0 Å². The van der Waals surface area contributed by atoms with Crippen molar-refractivity contribution in [2.75, 3.05) is 0 Å². The number of hydrogen-bond donors (Lipinski definition) is 0. The standard InChI is InChI=1S/C27H44O/c1-18(2)7-6-8-19(3)23-11-12-24-22-10-9-20-17-21(28)13-15-26(20,4)25(22)14-16-27(23,24)5/h17-19,22-25H,6-16H2,1-5H3/t19-,22+,23+,24+,25-,26-,27+/m0/s1. The summed E-state index contributed by atoms with van der Waals surface area (Å²) in [5.41, 5.74) is 2.43. The maximum atomic E-state index is 12.0. The predicted molar refractivity (Wildman–Crippen MR) is 118 cm³/mol. The molecular formula is C27H44O. The van der Waals surface area contributed by atoms with Gasteiger partial charge in [-0.1, -0.05) is 59.5 Å². The van der Waals surface area contributed by atoms with E-state index in [4.69, 9.17) is 0 Å². The molecule has 0 saturated heterocycles. The van der Waals surface area contributed by atoms with E-state index < -0.39 is 0 Å². The Labute approximate surface area is 174 Å². The van der Waals surface area contributed by atoms with Gasteiger partial charge in [0.05, 0.1) is 0 Å². The van der Waals surface area contributed by atoms with Crippen molar-refractivity contribution in [1.82, 2.24) is 0 Å². The molecule has 7 atom stereocenters. The lowest BCUT2D eigenvalue weighted by Crippen LogP contribution is -2.50. The maximum absolute atomic E-state index is 12.0. The number of ketones is 1. The smallest absolute Gasteiger partial charge is 0.155 e.